The lowest BCUT2D eigenvalue weighted by molar-refractivity contribution is -0.122. The molecular weight excluding hydrogens is 302 g/mol. The maximum Gasteiger partial charge on any atom is 0.220 e. The quantitative estimate of drug-likeness (QED) is 0.890. The number of nitrogens with zero attached hydrogens (tertiary/aromatic N) is 1. The Bertz CT molecular complexity index is 633. The van der Waals surface area contributed by atoms with Crippen molar-refractivity contribution in [1.82, 2.24) is 15.5 Å². The third kappa shape index (κ3) is 3.67. The maximum absolute atomic E-state index is 12.0. The summed E-state index contributed by atoms with van der Waals surface area (Å²) in [6.45, 7) is 1.91. The minimum absolute atomic E-state index is 0.0544. The van der Waals surface area contributed by atoms with E-state index in [2.05, 4.69) is 15.5 Å². The molecular formula is C16H18ClN3O2. The zero-order valence-electron chi connectivity index (χ0n) is 12.1. The minimum Gasteiger partial charge on any atom is -0.381 e. The molecule has 0 saturated carbocycles. The van der Waals surface area contributed by atoms with Crippen LogP contribution in [0.15, 0.2) is 30.5 Å². The first-order valence-electron chi connectivity index (χ1n) is 7.35. The highest BCUT2D eigenvalue weighted by Crippen LogP contribution is 2.23. The van der Waals surface area contributed by atoms with E-state index < -0.39 is 0 Å². The summed E-state index contributed by atoms with van der Waals surface area (Å²) < 4.78 is 5.29. The summed E-state index contributed by atoms with van der Waals surface area (Å²) in [5.74, 6) is 0.402. The van der Waals surface area contributed by atoms with Crippen molar-refractivity contribution in [3.8, 4) is 11.3 Å². The molecule has 2 aromatic rings. The number of aromatic amines is 1. The molecule has 3 rings (SSSR count). The summed E-state index contributed by atoms with van der Waals surface area (Å²) in [7, 11) is 0. The molecule has 2 heterocycles. The van der Waals surface area contributed by atoms with Gasteiger partial charge < -0.3 is 10.1 Å². The molecule has 1 aromatic heterocycles. The topological polar surface area (TPSA) is 67.0 Å². The Kier molecular flexibility index (Phi) is 4.75. The van der Waals surface area contributed by atoms with E-state index in [9.17, 15) is 4.79 Å². The fourth-order valence-electron chi connectivity index (χ4n) is 2.58. The van der Waals surface area contributed by atoms with Crippen molar-refractivity contribution >= 4 is 17.5 Å². The van der Waals surface area contributed by atoms with Gasteiger partial charge in [0.2, 0.25) is 5.91 Å². The number of benzene rings is 1. The molecule has 0 aliphatic carbocycles. The number of ether oxygens (including phenoxy) is 1. The number of carbonyl (C=O) groups excluding carboxylic acids is 1. The molecule has 1 aromatic carbocycles. The van der Waals surface area contributed by atoms with E-state index in [4.69, 9.17) is 16.3 Å². The number of aromatic nitrogens is 2. The first kappa shape index (κ1) is 15.1. The van der Waals surface area contributed by atoms with Gasteiger partial charge in [0.25, 0.3) is 0 Å². The summed E-state index contributed by atoms with van der Waals surface area (Å²) >= 11 is 5.90. The van der Waals surface area contributed by atoms with Crippen LogP contribution in [0, 0.1) is 5.92 Å². The maximum atomic E-state index is 12.0. The fraction of sp³-hybridized carbons (Fsp3) is 0.375. The average molecular weight is 320 g/mol. The molecule has 5 nitrogen and oxygen atoms in total. The van der Waals surface area contributed by atoms with Gasteiger partial charge in [-0.1, -0.05) is 23.7 Å². The van der Waals surface area contributed by atoms with Crippen LogP contribution in [0.3, 0.4) is 0 Å². The summed E-state index contributed by atoms with van der Waals surface area (Å²) in [5, 5.41) is 10.7. The molecule has 0 bridgehead atoms. The highest BCUT2D eigenvalue weighted by atomic mass is 35.5. The van der Waals surface area contributed by atoms with Gasteiger partial charge in [0.05, 0.1) is 11.9 Å². The lowest BCUT2D eigenvalue weighted by Crippen LogP contribution is -2.25. The highest BCUT2D eigenvalue weighted by Gasteiger charge is 2.19. The van der Waals surface area contributed by atoms with Crippen LogP contribution < -0.4 is 5.32 Å². The number of rotatable bonds is 5. The van der Waals surface area contributed by atoms with Gasteiger partial charge in [0.15, 0.2) is 0 Å². The number of hydrogen-bond acceptors (Lipinski definition) is 3. The zero-order valence-corrected chi connectivity index (χ0v) is 12.9. The van der Waals surface area contributed by atoms with Crippen LogP contribution in [0.1, 0.15) is 18.4 Å². The Balaban J connectivity index is 1.60. The monoisotopic (exact) mass is 319 g/mol. The molecule has 1 atom stereocenters. The van der Waals surface area contributed by atoms with Crippen LogP contribution in [0.5, 0.6) is 0 Å². The Hall–Kier alpha value is -1.85. The van der Waals surface area contributed by atoms with Crippen LogP contribution in [-0.2, 0) is 16.1 Å². The first-order chi connectivity index (χ1) is 10.7. The summed E-state index contributed by atoms with van der Waals surface area (Å²) in [4.78, 5) is 12.0. The van der Waals surface area contributed by atoms with E-state index >= 15 is 0 Å². The molecule has 1 aliphatic heterocycles. The van der Waals surface area contributed by atoms with E-state index in [0.717, 1.165) is 29.8 Å². The van der Waals surface area contributed by atoms with Gasteiger partial charge in [-0.15, -0.1) is 0 Å². The molecule has 0 spiro atoms. The van der Waals surface area contributed by atoms with Crippen molar-refractivity contribution in [2.24, 2.45) is 5.92 Å². The predicted octanol–water partition coefficient (Wildman–Crippen LogP) is 2.77. The van der Waals surface area contributed by atoms with Gasteiger partial charge in [0, 0.05) is 36.8 Å². The van der Waals surface area contributed by atoms with Crippen molar-refractivity contribution in [2.45, 2.75) is 19.4 Å². The molecule has 1 aliphatic rings. The van der Waals surface area contributed by atoms with Crippen LogP contribution in [0.4, 0.5) is 0 Å². The van der Waals surface area contributed by atoms with Crippen LogP contribution in [0.25, 0.3) is 11.3 Å². The van der Waals surface area contributed by atoms with Crippen molar-refractivity contribution in [3.63, 3.8) is 0 Å². The fourth-order valence-corrected chi connectivity index (χ4v) is 2.71. The molecule has 1 saturated heterocycles. The number of nitrogens with one attached hydrogen (secondary N) is 2. The van der Waals surface area contributed by atoms with Gasteiger partial charge in [-0.3, -0.25) is 9.89 Å². The molecule has 1 unspecified atom stereocenters. The lowest BCUT2D eigenvalue weighted by Gasteiger charge is -2.09. The first-order valence-corrected chi connectivity index (χ1v) is 7.73. The second kappa shape index (κ2) is 6.94. The molecule has 2 N–H and O–H groups in total. The van der Waals surface area contributed by atoms with Crippen molar-refractivity contribution < 1.29 is 9.53 Å². The van der Waals surface area contributed by atoms with Crippen LogP contribution in [-0.4, -0.2) is 29.3 Å². The van der Waals surface area contributed by atoms with Crippen molar-refractivity contribution in [2.75, 3.05) is 13.2 Å². The van der Waals surface area contributed by atoms with Gasteiger partial charge in [-0.05, 0) is 30.0 Å². The Labute approximate surface area is 134 Å². The zero-order chi connectivity index (χ0) is 15.4. The second-order valence-corrected chi connectivity index (χ2v) is 5.92. The van der Waals surface area contributed by atoms with E-state index in [-0.39, 0.29) is 5.91 Å². The SMILES string of the molecule is O=C(CC1CCOC1)NCc1cn[nH]c1-c1ccc(Cl)cc1. The van der Waals surface area contributed by atoms with E-state index in [1.807, 2.05) is 24.3 Å². The smallest absolute Gasteiger partial charge is 0.220 e. The second-order valence-electron chi connectivity index (χ2n) is 5.49. The molecule has 22 heavy (non-hydrogen) atoms. The Morgan fingerprint density at radius 1 is 1.41 bits per heavy atom. The van der Waals surface area contributed by atoms with E-state index in [1.165, 1.54) is 0 Å². The van der Waals surface area contributed by atoms with Gasteiger partial charge >= 0.3 is 0 Å². The number of amides is 1. The third-order valence-electron chi connectivity index (χ3n) is 3.82. The van der Waals surface area contributed by atoms with Gasteiger partial charge in [-0.2, -0.15) is 5.10 Å². The third-order valence-corrected chi connectivity index (χ3v) is 4.08. The van der Waals surface area contributed by atoms with Crippen LogP contribution >= 0.6 is 11.6 Å². The van der Waals surface area contributed by atoms with E-state index in [1.54, 1.807) is 6.20 Å². The van der Waals surface area contributed by atoms with E-state index in [0.29, 0.717) is 30.5 Å². The molecule has 0 radical (unpaired) electrons. The normalized spacial score (nSPS) is 17.6. The largest absolute Gasteiger partial charge is 0.381 e. The summed E-state index contributed by atoms with van der Waals surface area (Å²) in [5.41, 5.74) is 2.86. The Morgan fingerprint density at radius 2 is 2.23 bits per heavy atom. The molecule has 1 amide bonds. The van der Waals surface area contributed by atoms with Crippen LogP contribution in [0.2, 0.25) is 5.02 Å². The molecule has 1 fully saturated rings. The standard InChI is InChI=1S/C16H18ClN3O2/c17-14-3-1-12(2-4-14)16-13(9-19-20-16)8-18-15(21)7-11-5-6-22-10-11/h1-4,9,11H,5-8,10H2,(H,18,21)(H,19,20). The number of carbonyl (C=O) groups is 1. The Morgan fingerprint density at radius 3 is 2.95 bits per heavy atom. The van der Waals surface area contributed by atoms with Gasteiger partial charge in [-0.25, -0.2) is 0 Å². The summed E-state index contributed by atoms with van der Waals surface area (Å²) in [6, 6.07) is 7.52. The predicted molar refractivity (Wildman–Crippen MR) is 84.4 cm³/mol. The minimum atomic E-state index is 0.0544. The lowest BCUT2D eigenvalue weighted by atomic mass is 10.0. The number of H-pyrrole nitrogens is 1. The number of halogens is 1. The van der Waals surface area contributed by atoms with Crippen molar-refractivity contribution in [3.05, 3.63) is 41.0 Å². The van der Waals surface area contributed by atoms with Gasteiger partial charge in [0.1, 0.15) is 0 Å². The molecule has 6 heteroatoms. The highest BCUT2D eigenvalue weighted by molar-refractivity contribution is 6.30. The number of hydrogen-bond donors (Lipinski definition) is 2. The summed E-state index contributed by atoms with van der Waals surface area (Å²) in [6.07, 6.45) is 3.23. The molecule has 116 valence electrons. The van der Waals surface area contributed by atoms with Crippen molar-refractivity contribution in [1.29, 1.82) is 0 Å². The average Bonchev–Trinajstić information content (AvgIpc) is 3.17.